The van der Waals surface area contributed by atoms with Gasteiger partial charge in [-0.2, -0.15) is 16.6 Å². The zero-order chi connectivity index (χ0) is 20.3. The smallest absolute Gasteiger partial charge is 0.338 e. The van der Waals surface area contributed by atoms with Gasteiger partial charge in [0.15, 0.2) is 0 Å². The monoisotopic (exact) mass is 397 g/mol. The van der Waals surface area contributed by atoms with Crippen molar-refractivity contribution < 1.29 is 19.2 Å². The number of nitrogens with two attached hydrogens (primary N) is 1. The van der Waals surface area contributed by atoms with E-state index in [0.717, 1.165) is 0 Å². The fourth-order valence-corrected chi connectivity index (χ4v) is 3.61. The SMILES string of the molecule is CCOC(=O)C1=C(c2cccc([N+](=O)[O-])c2)OC(N)=C(C#N)C1c1ccsc1. The number of hydrogen-bond acceptors (Lipinski definition) is 8. The summed E-state index contributed by atoms with van der Waals surface area (Å²) in [7, 11) is 0. The molecule has 1 aliphatic heterocycles. The summed E-state index contributed by atoms with van der Waals surface area (Å²) < 4.78 is 10.8. The van der Waals surface area contributed by atoms with Crippen LogP contribution in [0.2, 0.25) is 0 Å². The third-order valence-corrected chi connectivity index (χ3v) is 4.81. The molecule has 3 rings (SSSR count). The van der Waals surface area contributed by atoms with Crippen LogP contribution in [0, 0.1) is 21.4 Å². The second-order valence-electron chi connectivity index (χ2n) is 5.75. The molecule has 9 heteroatoms. The summed E-state index contributed by atoms with van der Waals surface area (Å²) in [6.45, 7) is 1.77. The molecule has 2 N–H and O–H groups in total. The second-order valence-corrected chi connectivity index (χ2v) is 6.53. The Bertz CT molecular complexity index is 1030. The van der Waals surface area contributed by atoms with Crippen LogP contribution >= 0.6 is 11.3 Å². The molecule has 2 heterocycles. The maximum Gasteiger partial charge on any atom is 0.338 e. The van der Waals surface area contributed by atoms with Crippen LogP contribution in [0.3, 0.4) is 0 Å². The number of esters is 1. The Morgan fingerprint density at radius 1 is 1.46 bits per heavy atom. The minimum Gasteiger partial charge on any atom is -0.463 e. The van der Waals surface area contributed by atoms with Gasteiger partial charge in [0.25, 0.3) is 5.69 Å². The van der Waals surface area contributed by atoms with Crippen molar-refractivity contribution in [2.45, 2.75) is 12.8 Å². The van der Waals surface area contributed by atoms with Crippen LogP contribution in [0.15, 0.2) is 58.1 Å². The number of ether oxygens (including phenoxy) is 2. The summed E-state index contributed by atoms with van der Waals surface area (Å²) in [6.07, 6.45) is 0. The van der Waals surface area contributed by atoms with Gasteiger partial charge in [0.1, 0.15) is 17.4 Å². The minimum atomic E-state index is -0.793. The van der Waals surface area contributed by atoms with Gasteiger partial charge < -0.3 is 15.2 Å². The normalized spacial score (nSPS) is 16.4. The molecule has 1 aliphatic rings. The number of thiophene rings is 1. The third-order valence-electron chi connectivity index (χ3n) is 4.11. The Morgan fingerprint density at radius 2 is 2.25 bits per heavy atom. The van der Waals surface area contributed by atoms with E-state index in [1.807, 2.05) is 11.4 Å². The van der Waals surface area contributed by atoms with Gasteiger partial charge in [-0.1, -0.05) is 12.1 Å². The first kappa shape index (κ1) is 19.1. The fourth-order valence-electron chi connectivity index (χ4n) is 2.92. The lowest BCUT2D eigenvalue weighted by Gasteiger charge is -2.27. The molecule has 1 atom stereocenters. The number of hydrogen-bond donors (Lipinski definition) is 1. The number of carbonyl (C=O) groups excluding carboxylic acids is 1. The predicted octanol–water partition coefficient (Wildman–Crippen LogP) is 3.44. The van der Waals surface area contributed by atoms with E-state index in [0.29, 0.717) is 5.56 Å². The number of benzene rings is 1. The van der Waals surface area contributed by atoms with Gasteiger partial charge in [-0.3, -0.25) is 10.1 Å². The first-order valence-corrected chi connectivity index (χ1v) is 9.18. The van der Waals surface area contributed by atoms with Crippen LogP contribution in [-0.4, -0.2) is 17.5 Å². The van der Waals surface area contributed by atoms with Gasteiger partial charge in [0.05, 0.1) is 23.0 Å². The van der Waals surface area contributed by atoms with Crippen LogP contribution in [-0.2, 0) is 14.3 Å². The molecule has 0 radical (unpaired) electrons. The molecule has 0 aliphatic carbocycles. The number of nitrogens with zero attached hydrogens (tertiary/aromatic N) is 2. The summed E-state index contributed by atoms with van der Waals surface area (Å²) in [5.74, 6) is -1.60. The second kappa shape index (κ2) is 7.94. The van der Waals surface area contributed by atoms with Crippen LogP contribution in [0.1, 0.15) is 24.0 Å². The molecule has 1 aromatic heterocycles. The Morgan fingerprint density at radius 3 is 2.86 bits per heavy atom. The molecule has 0 saturated heterocycles. The predicted molar refractivity (Wildman–Crippen MR) is 102 cm³/mol. The summed E-state index contributed by atoms with van der Waals surface area (Å²) in [5.41, 5.74) is 6.92. The summed E-state index contributed by atoms with van der Waals surface area (Å²) in [6, 6.07) is 9.43. The Hall–Kier alpha value is -3.64. The van der Waals surface area contributed by atoms with Crippen LogP contribution < -0.4 is 5.73 Å². The van der Waals surface area contributed by atoms with Crippen molar-refractivity contribution in [1.82, 2.24) is 0 Å². The maximum absolute atomic E-state index is 12.8. The number of non-ortho nitro benzene ring substituents is 1. The number of carbonyl (C=O) groups is 1. The van der Waals surface area contributed by atoms with Crippen LogP contribution in [0.5, 0.6) is 0 Å². The van der Waals surface area contributed by atoms with Gasteiger partial charge in [0, 0.05) is 17.7 Å². The van der Waals surface area contributed by atoms with E-state index in [1.54, 1.807) is 24.4 Å². The van der Waals surface area contributed by atoms with Gasteiger partial charge in [-0.25, -0.2) is 4.79 Å². The van der Waals surface area contributed by atoms with Gasteiger partial charge in [0.2, 0.25) is 5.88 Å². The van der Waals surface area contributed by atoms with Crippen molar-refractivity contribution in [3.05, 3.63) is 79.4 Å². The van der Waals surface area contributed by atoms with E-state index in [-0.39, 0.29) is 40.6 Å². The lowest BCUT2D eigenvalue weighted by Crippen LogP contribution is -2.25. The molecule has 142 valence electrons. The molecular formula is C19H15N3O5S. The average molecular weight is 397 g/mol. The van der Waals surface area contributed by atoms with Crippen molar-refractivity contribution in [3.63, 3.8) is 0 Å². The average Bonchev–Trinajstić information content (AvgIpc) is 3.21. The van der Waals surface area contributed by atoms with Crippen molar-refractivity contribution in [2.75, 3.05) is 6.61 Å². The number of rotatable bonds is 5. The van der Waals surface area contributed by atoms with Crippen molar-refractivity contribution in [1.29, 1.82) is 5.26 Å². The maximum atomic E-state index is 12.8. The van der Waals surface area contributed by atoms with Crippen LogP contribution in [0.4, 0.5) is 5.69 Å². The Labute approximate surface area is 164 Å². The van der Waals surface area contributed by atoms with E-state index < -0.39 is 16.8 Å². The van der Waals surface area contributed by atoms with E-state index >= 15 is 0 Å². The molecular weight excluding hydrogens is 382 g/mol. The van der Waals surface area contributed by atoms with Crippen molar-refractivity contribution >= 4 is 28.8 Å². The third kappa shape index (κ3) is 3.45. The Balaban J connectivity index is 2.27. The van der Waals surface area contributed by atoms with E-state index in [2.05, 4.69) is 0 Å². The highest BCUT2D eigenvalue weighted by molar-refractivity contribution is 7.08. The highest BCUT2D eigenvalue weighted by Gasteiger charge is 2.38. The zero-order valence-electron chi connectivity index (χ0n) is 14.7. The first-order chi connectivity index (χ1) is 13.5. The van der Waals surface area contributed by atoms with E-state index in [1.165, 1.54) is 29.5 Å². The van der Waals surface area contributed by atoms with Gasteiger partial charge in [-0.05, 0) is 29.3 Å². The number of allylic oxidation sites excluding steroid dienone is 1. The standard InChI is InChI=1S/C19H15N3O5S/c1-2-26-19(23)16-15(12-6-7-28-10-12)14(9-20)18(21)27-17(16)11-4-3-5-13(8-11)22(24)25/h3-8,10,15H,2,21H2,1H3. The molecule has 1 unspecified atom stereocenters. The van der Waals surface area contributed by atoms with E-state index in [4.69, 9.17) is 15.2 Å². The lowest BCUT2D eigenvalue weighted by atomic mass is 9.83. The van der Waals surface area contributed by atoms with Crippen molar-refractivity contribution in [2.24, 2.45) is 5.73 Å². The molecule has 28 heavy (non-hydrogen) atoms. The molecule has 2 aromatic rings. The molecule has 0 spiro atoms. The molecule has 0 fully saturated rings. The fraction of sp³-hybridized carbons (Fsp3) is 0.158. The lowest BCUT2D eigenvalue weighted by molar-refractivity contribution is -0.384. The van der Waals surface area contributed by atoms with Gasteiger partial charge >= 0.3 is 5.97 Å². The number of nitro groups is 1. The van der Waals surface area contributed by atoms with Crippen molar-refractivity contribution in [3.8, 4) is 6.07 Å². The van der Waals surface area contributed by atoms with Crippen LogP contribution in [0.25, 0.3) is 5.76 Å². The highest BCUT2D eigenvalue weighted by Crippen LogP contribution is 2.43. The quantitative estimate of drug-likeness (QED) is 0.465. The first-order valence-electron chi connectivity index (χ1n) is 8.23. The molecule has 0 bridgehead atoms. The Kier molecular flexibility index (Phi) is 5.42. The summed E-state index contributed by atoms with van der Waals surface area (Å²) >= 11 is 1.40. The minimum absolute atomic E-state index is 0.0369. The summed E-state index contributed by atoms with van der Waals surface area (Å²) in [4.78, 5) is 23.4. The van der Waals surface area contributed by atoms with Gasteiger partial charge in [-0.15, -0.1) is 0 Å². The molecule has 0 saturated carbocycles. The molecule has 1 aromatic carbocycles. The number of nitriles is 1. The zero-order valence-corrected chi connectivity index (χ0v) is 15.6. The summed E-state index contributed by atoms with van der Waals surface area (Å²) in [5, 5.41) is 24.4. The molecule has 0 amide bonds. The number of nitro benzene ring substituents is 1. The molecule has 8 nitrogen and oxygen atoms in total. The largest absolute Gasteiger partial charge is 0.463 e. The highest BCUT2D eigenvalue weighted by atomic mass is 32.1. The van der Waals surface area contributed by atoms with E-state index in [9.17, 15) is 20.2 Å². The topological polar surface area (TPSA) is 128 Å².